The first kappa shape index (κ1) is 19.1. The van der Waals surface area contributed by atoms with Crippen molar-refractivity contribution in [2.24, 2.45) is 0 Å². The summed E-state index contributed by atoms with van der Waals surface area (Å²) in [4.78, 5) is 24.3. The molecule has 0 unspecified atom stereocenters. The smallest absolute Gasteiger partial charge is 0.290 e. The lowest BCUT2D eigenvalue weighted by molar-refractivity contribution is -0.115. The van der Waals surface area contributed by atoms with Gasteiger partial charge in [0.25, 0.3) is 5.91 Å². The Morgan fingerprint density at radius 3 is 2.75 bits per heavy atom. The van der Waals surface area contributed by atoms with Crippen LogP contribution in [0.3, 0.4) is 0 Å². The summed E-state index contributed by atoms with van der Waals surface area (Å²) in [7, 11) is 1.50. The maximum Gasteiger partial charge on any atom is 0.290 e. The summed E-state index contributed by atoms with van der Waals surface area (Å²) in [5.41, 5.74) is 2.26. The van der Waals surface area contributed by atoms with E-state index in [1.54, 1.807) is 18.2 Å². The van der Waals surface area contributed by atoms with Crippen LogP contribution in [-0.2, 0) is 4.79 Å². The van der Waals surface area contributed by atoms with E-state index in [0.29, 0.717) is 22.7 Å². The van der Waals surface area contributed by atoms with Crippen LogP contribution in [0, 0.1) is 12.7 Å². The normalized spacial score (nSPS) is 10.4. The molecule has 1 heterocycles. The molecule has 0 bridgehead atoms. The standard InChI is InChI=1S/C20H18FN3O4/c1-12-6-7-17(27-2)16(8-12)23-19(25)11-22-20(26)18-10-15(24-28-18)13-4-3-5-14(21)9-13/h3-10H,11H2,1-2H3,(H,22,26)(H,23,25). The van der Waals surface area contributed by atoms with Gasteiger partial charge in [-0.1, -0.05) is 23.4 Å². The number of carbonyl (C=O) groups is 2. The van der Waals surface area contributed by atoms with Crippen molar-refractivity contribution in [2.75, 3.05) is 19.0 Å². The van der Waals surface area contributed by atoms with Crippen LogP contribution in [0.25, 0.3) is 11.3 Å². The van der Waals surface area contributed by atoms with Gasteiger partial charge in [0.1, 0.15) is 17.3 Å². The molecule has 2 aromatic carbocycles. The number of ether oxygens (including phenoxy) is 1. The Kier molecular flexibility index (Phi) is 5.69. The van der Waals surface area contributed by atoms with Gasteiger partial charge in [0.2, 0.25) is 11.7 Å². The first-order chi connectivity index (χ1) is 13.5. The Morgan fingerprint density at radius 2 is 2.00 bits per heavy atom. The third-order valence-corrected chi connectivity index (χ3v) is 3.89. The maximum atomic E-state index is 13.3. The summed E-state index contributed by atoms with van der Waals surface area (Å²) >= 11 is 0. The second kappa shape index (κ2) is 8.34. The molecule has 0 aliphatic carbocycles. The molecule has 0 fully saturated rings. The van der Waals surface area contributed by atoms with Gasteiger partial charge in [0.15, 0.2) is 0 Å². The molecule has 0 spiro atoms. The zero-order valence-electron chi connectivity index (χ0n) is 15.3. The summed E-state index contributed by atoms with van der Waals surface area (Å²) < 4.78 is 23.5. The highest BCUT2D eigenvalue weighted by Gasteiger charge is 2.16. The number of aromatic nitrogens is 1. The number of nitrogens with zero attached hydrogens (tertiary/aromatic N) is 1. The minimum Gasteiger partial charge on any atom is -0.495 e. The largest absolute Gasteiger partial charge is 0.495 e. The van der Waals surface area contributed by atoms with Crippen molar-refractivity contribution >= 4 is 17.5 Å². The van der Waals surface area contributed by atoms with E-state index in [2.05, 4.69) is 15.8 Å². The Balaban J connectivity index is 1.60. The molecule has 0 saturated heterocycles. The number of methoxy groups -OCH3 is 1. The number of anilines is 1. The van der Waals surface area contributed by atoms with E-state index in [-0.39, 0.29) is 12.3 Å². The fourth-order valence-corrected chi connectivity index (χ4v) is 2.53. The number of halogens is 1. The number of nitrogens with one attached hydrogen (secondary N) is 2. The fraction of sp³-hybridized carbons (Fsp3) is 0.150. The van der Waals surface area contributed by atoms with E-state index in [1.807, 2.05) is 13.0 Å². The molecular weight excluding hydrogens is 365 g/mol. The third kappa shape index (κ3) is 4.53. The van der Waals surface area contributed by atoms with E-state index in [4.69, 9.17) is 9.26 Å². The van der Waals surface area contributed by atoms with Gasteiger partial charge in [-0.05, 0) is 36.8 Å². The number of benzene rings is 2. The van der Waals surface area contributed by atoms with Crippen molar-refractivity contribution in [3.8, 4) is 17.0 Å². The number of amides is 2. The molecule has 3 rings (SSSR count). The zero-order chi connectivity index (χ0) is 20.1. The molecule has 0 radical (unpaired) electrons. The lowest BCUT2D eigenvalue weighted by atomic mass is 10.1. The molecule has 0 saturated carbocycles. The molecule has 144 valence electrons. The van der Waals surface area contributed by atoms with Crippen molar-refractivity contribution in [3.63, 3.8) is 0 Å². The summed E-state index contributed by atoms with van der Waals surface area (Å²) in [5.74, 6) is -1.03. The molecule has 7 nitrogen and oxygen atoms in total. The predicted octanol–water partition coefficient (Wildman–Crippen LogP) is 3.17. The minimum absolute atomic E-state index is 0.0832. The van der Waals surface area contributed by atoms with Gasteiger partial charge in [-0.25, -0.2) is 4.39 Å². The Hall–Kier alpha value is -3.68. The Bertz CT molecular complexity index is 1020. The molecular formula is C20H18FN3O4. The lowest BCUT2D eigenvalue weighted by Gasteiger charge is -2.11. The highest BCUT2D eigenvalue weighted by Crippen LogP contribution is 2.25. The van der Waals surface area contributed by atoms with Crippen LogP contribution in [0.5, 0.6) is 5.75 Å². The van der Waals surface area contributed by atoms with Crippen LogP contribution < -0.4 is 15.4 Å². The summed E-state index contributed by atoms with van der Waals surface area (Å²) in [6.07, 6.45) is 0. The van der Waals surface area contributed by atoms with Crippen molar-refractivity contribution in [1.82, 2.24) is 10.5 Å². The van der Waals surface area contributed by atoms with Crippen molar-refractivity contribution < 1.29 is 23.2 Å². The molecule has 2 N–H and O–H groups in total. The van der Waals surface area contributed by atoms with Crippen LogP contribution in [0.2, 0.25) is 0 Å². The van der Waals surface area contributed by atoms with E-state index in [1.165, 1.54) is 31.4 Å². The van der Waals surface area contributed by atoms with Crippen LogP contribution in [0.1, 0.15) is 16.1 Å². The monoisotopic (exact) mass is 383 g/mol. The first-order valence-electron chi connectivity index (χ1n) is 8.41. The van der Waals surface area contributed by atoms with Crippen LogP contribution in [-0.4, -0.2) is 30.6 Å². The predicted molar refractivity (Wildman–Crippen MR) is 101 cm³/mol. The summed E-state index contributed by atoms with van der Waals surface area (Å²) in [5, 5.41) is 8.88. The lowest BCUT2D eigenvalue weighted by Crippen LogP contribution is -2.32. The third-order valence-electron chi connectivity index (χ3n) is 3.89. The van der Waals surface area contributed by atoms with Crippen LogP contribution >= 0.6 is 0 Å². The average molecular weight is 383 g/mol. The Morgan fingerprint density at radius 1 is 1.18 bits per heavy atom. The molecule has 2 amide bonds. The van der Waals surface area contributed by atoms with E-state index < -0.39 is 17.6 Å². The highest BCUT2D eigenvalue weighted by molar-refractivity contribution is 5.99. The fourth-order valence-electron chi connectivity index (χ4n) is 2.53. The Labute approximate surface area is 160 Å². The van der Waals surface area contributed by atoms with Crippen molar-refractivity contribution in [1.29, 1.82) is 0 Å². The average Bonchev–Trinajstić information content (AvgIpc) is 3.17. The highest BCUT2D eigenvalue weighted by atomic mass is 19.1. The number of hydrogen-bond donors (Lipinski definition) is 2. The summed E-state index contributed by atoms with van der Waals surface area (Å²) in [6, 6.07) is 12.5. The number of aryl methyl sites for hydroxylation is 1. The van der Waals surface area contributed by atoms with Gasteiger partial charge in [-0.15, -0.1) is 0 Å². The summed E-state index contributed by atoms with van der Waals surface area (Å²) in [6.45, 7) is 1.61. The number of rotatable bonds is 6. The van der Waals surface area contributed by atoms with Gasteiger partial charge < -0.3 is 19.9 Å². The molecule has 1 aromatic heterocycles. The van der Waals surface area contributed by atoms with Crippen LogP contribution in [0.15, 0.2) is 53.1 Å². The molecule has 3 aromatic rings. The molecule has 0 aliphatic rings. The topological polar surface area (TPSA) is 93.5 Å². The van der Waals surface area contributed by atoms with Gasteiger partial charge in [0, 0.05) is 11.6 Å². The number of hydrogen-bond acceptors (Lipinski definition) is 5. The second-order valence-electron chi connectivity index (χ2n) is 6.02. The zero-order valence-corrected chi connectivity index (χ0v) is 15.3. The SMILES string of the molecule is COc1ccc(C)cc1NC(=O)CNC(=O)c1cc(-c2cccc(F)c2)no1. The maximum absolute atomic E-state index is 13.3. The quantitative estimate of drug-likeness (QED) is 0.682. The van der Waals surface area contributed by atoms with E-state index >= 15 is 0 Å². The second-order valence-corrected chi connectivity index (χ2v) is 6.02. The van der Waals surface area contributed by atoms with Gasteiger partial charge in [0.05, 0.1) is 19.3 Å². The van der Waals surface area contributed by atoms with E-state index in [9.17, 15) is 14.0 Å². The molecule has 28 heavy (non-hydrogen) atoms. The first-order valence-corrected chi connectivity index (χ1v) is 8.41. The van der Waals surface area contributed by atoms with E-state index in [0.717, 1.165) is 5.56 Å². The van der Waals surface area contributed by atoms with Gasteiger partial charge in [-0.3, -0.25) is 9.59 Å². The van der Waals surface area contributed by atoms with Gasteiger partial charge in [-0.2, -0.15) is 0 Å². The van der Waals surface area contributed by atoms with Crippen molar-refractivity contribution in [3.05, 3.63) is 65.7 Å². The number of carbonyl (C=O) groups excluding carboxylic acids is 2. The van der Waals surface area contributed by atoms with Crippen molar-refractivity contribution in [2.45, 2.75) is 6.92 Å². The minimum atomic E-state index is -0.610. The molecule has 0 atom stereocenters. The molecule has 8 heteroatoms. The molecule has 0 aliphatic heterocycles. The van der Waals surface area contributed by atoms with Gasteiger partial charge >= 0.3 is 0 Å². The van der Waals surface area contributed by atoms with Crippen LogP contribution in [0.4, 0.5) is 10.1 Å².